The van der Waals surface area contributed by atoms with Gasteiger partial charge >= 0.3 is 0 Å². The molecular weight excluding hydrogens is 879 g/mol. The summed E-state index contributed by atoms with van der Waals surface area (Å²) in [5.41, 5.74) is 15.6. The summed E-state index contributed by atoms with van der Waals surface area (Å²) in [4.78, 5) is 2.50. The maximum absolute atomic E-state index is 2.50. The van der Waals surface area contributed by atoms with Crippen LogP contribution in [0.5, 0.6) is 0 Å². The molecule has 0 saturated heterocycles. The molecule has 0 atom stereocenters. The molecule has 340 valence electrons. The number of benzene rings is 14. The number of anilines is 3. The second-order valence-corrected chi connectivity index (χ2v) is 19.0. The molecule has 14 aromatic rings. The van der Waals surface area contributed by atoms with Gasteiger partial charge in [0.25, 0.3) is 0 Å². The van der Waals surface area contributed by atoms with Crippen molar-refractivity contribution in [3.8, 4) is 55.6 Å². The van der Waals surface area contributed by atoms with Crippen molar-refractivity contribution in [3.05, 3.63) is 285 Å². The van der Waals surface area contributed by atoms with E-state index in [1.54, 1.807) is 0 Å². The maximum Gasteiger partial charge on any atom is 0.0618 e. The van der Waals surface area contributed by atoms with Gasteiger partial charge in [-0.3, -0.25) is 0 Å². The molecule has 73 heavy (non-hydrogen) atoms. The Morgan fingerprint density at radius 1 is 0.151 bits per heavy atom. The van der Waals surface area contributed by atoms with Gasteiger partial charge < -0.3 is 4.90 Å². The lowest BCUT2D eigenvalue weighted by atomic mass is 9.86. The number of rotatable bonds is 8. The molecule has 0 spiro atoms. The Labute approximate surface area is 425 Å². The first-order valence-corrected chi connectivity index (χ1v) is 25.3. The van der Waals surface area contributed by atoms with Crippen molar-refractivity contribution in [1.82, 2.24) is 0 Å². The van der Waals surface area contributed by atoms with E-state index in [1.807, 2.05) is 0 Å². The second kappa shape index (κ2) is 17.7. The predicted molar refractivity (Wildman–Crippen MR) is 313 cm³/mol. The third-order valence-corrected chi connectivity index (χ3v) is 15.0. The molecule has 0 heterocycles. The van der Waals surface area contributed by atoms with E-state index in [9.17, 15) is 0 Å². The van der Waals surface area contributed by atoms with Gasteiger partial charge in [0, 0.05) is 22.1 Å². The summed E-state index contributed by atoms with van der Waals surface area (Å²) in [7, 11) is 0. The molecule has 0 N–H and O–H groups in total. The minimum absolute atomic E-state index is 1.08. The Morgan fingerprint density at radius 3 is 0.562 bits per heavy atom. The predicted octanol–water partition coefficient (Wildman–Crippen LogP) is 20.4. The minimum Gasteiger partial charge on any atom is -0.309 e. The van der Waals surface area contributed by atoms with Crippen LogP contribution in [0, 0.1) is 0 Å². The van der Waals surface area contributed by atoms with Gasteiger partial charge in [-0.25, -0.2) is 0 Å². The lowest BCUT2D eigenvalue weighted by Gasteiger charge is -2.30. The summed E-state index contributed by atoms with van der Waals surface area (Å²) >= 11 is 0. The van der Waals surface area contributed by atoms with Crippen LogP contribution < -0.4 is 4.90 Å². The first kappa shape index (κ1) is 42.3. The van der Waals surface area contributed by atoms with E-state index in [2.05, 4.69) is 290 Å². The van der Waals surface area contributed by atoms with Gasteiger partial charge in [0.2, 0.25) is 0 Å². The van der Waals surface area contributed by atoms with Gasteiger partial charge in [-0.05, 0) is 134 Å². The highest BCUT2D eigenvalue weighted by Gasteiger charge is 2.24. The fourth-order valence-electron chi connectivity index (χ4n) is 11.9. The van der Waals surface area contributed by atoms with Crippen LogP contribution in [0.15, 0.2) is 285 Å². The van der Waals surface area contributed by atoms with E-state index in [4.69, 9.17) is 0 Å². The Morgan fingerprint density at radius 2 is 0.329 bits per heavy atom. The van der Waals surface area contributed by atoms with E-state index >= 15 is 0 Å². The molecule has 0 saturated carbocycles. The van der Waals surface area contributed by atoms with Gasteiger partial charge in [-0.1, -0.05) is 261 Å². The maximum atomic E-state index is 2.50. The zero-order chi connectivity index (χ0) is 48.2. The monoisotopic (exact) mass is 925 g/mol. The average molecular weight is 926 g/mol. The molecule has 0 radical (unpaired) electrons. The minimum atomic E-state index is 1.08. The zero-order valence-electron chi connectivity index (χ0n) is 40.1. The Hall–Kier alpha value is -9.56. The van der Waals surface area contributed by atoms with Crippen molar-refractivity contribution < 1.29 is 0 Å². The molecular formula is C72H47N. The number of nitrogens with zero attached hydrogens (tertiary/aromatic N) is 1. The van der Waals surface area contributed by atoms with Crippen LogP contribution >= 0.6 is 0 Å². The Bertz CT molecular complexity index is 4010. The largest absolute Gasteiger partial charge is 0.309 e. The molecule has 0 fully saturated rings. The highest BCUT2D eigenvalue weighted by Crippen LogP contribution is 2.51. The van der Waals surface area contributed by atoms with E-state index in [0.29, 0.717) is 0 Å². The first-order valence-electron chi connectivity index (χ1n) is 25.3. The van der Waals surface area contributed by atoms with Crippen LogP contribution in [0.4, 0.5) is 17.1 Å². The molecule has 0 aliphatic rings. The lowest BCUT2D eigenvalue weighted by molar-refractivity contribution is 1.31. The molecule has 0 unspecified atom stereocenters. The smallest absolute Gasteiger partial charge is 0.0618 e. The summed E-state index contributed by atoms with van der Waals surface area (Å²) in [6.07, 6.45) is 0. The molecule has 14 rings (SSSR count). The highest BCUT2D eigenvalue weighted by atomic mass is 15.1. The molecule has 0 aliphatic heterocycles. The number of hydrogen-bond acceptors (Lipinski definition) is 1. The average Bonchev–Trinajstić information content (AvgIpc) is 3.47. The number of fused-ring (bicyclic) bond motifs is 6. The topological polar surface area (TPSA) is 3.24 Å². The zero-order valence-corrected chi connectivity index (χ0v) is 40.1. The highest BCUT2D eigenvalue weighted by molar-refractivity contribution is 6.25. The molecule has 1 heteroatoms. The molecule has 0 aromatic heterocycles. The van der Waals surface area contributed by atoms with Gasteiger partial charge in [-0.2, -0.15) is 0 Å². The molecule has 0 amide bonds. The Kier molecular flexibility index (Phi) is 10.3. The van der Waals surface area contributed by atoms with Gasteiger partial charge in [0.1, 0.15) is 0 Å². The number of hydrogen-bond donors (Lipinski definition) is 0. The van der Waals surface area contributed by atoms with Crippen LogP contribution in [0.25, 0.3) is 120 Å². The van der Waals surface area contributed by atoms with Crippen molar-refractivity contribution >= 4 is 81.7 Å². The summed E-state index contributed by atoms with van der Waals surface area (Å²) in [6, 6.07) is 105. The molecule has 0 aliphatic carbocycles. The molecule has 0 bridgehead atoms. The van der Waals surface area contributed by atoms with E-state index in [0.717, 1.165) is 17.1 Å². The third kappa shape index (κ3) is 7.01. The standard InChI is InChI=1S/C72H47N/c1-4-22-48(23-5-1)67-55-28-10-14-32-59(55)70(60-33-15-11-29-56(60)67)51-40-44-53(45-41-51)73(72-65-38-20-18-36-63(65)69(50-26-8-3-9-27-50)64-37-19-21-39-66(64)72)54-46-42-52(43-47-54)71-61-34-16-12-30-57(61)68(49-24-6-2-7-25-49)58-31-13-17-35-62(58)71/h1-47H. The van der Waals surface area contributed by atoms with Crippen LogP contribution in [0.1, 0.15) is 0 Å². The van der Waals surface area contributed by atoms with Crippen LogP contribution in [0.2, 0.25) is 0 Å². The van der Waals surface area contributed by atoms with Crippen LogP contribution in [-0.4, -0.2) is 0 Å². The van der Waals surface area contributed by atoms with E-state index in [1.165, 1.54) is 120 Å². The van der Waals surface area contributed by atoms with Gasteiger partial charge in [-0.15, -0.1) is 0 Å². The first-order chi connectivity index (χ1) is 36.3. The normalized spacial score (nSPS) is 11.6. The second-order valence-electron chi connectivity index (χ2n) is 19.0. The van der Waals surface area contributed by atoms with Crippen molar-refractivity contribution in [3.63, 3.8) is 0 Å². The van der Waals surface area contributed by atoms with Crippen molar-refractivity contribution in [2.24, 2.45) is 0 Å². The van der Waals surface area contributed by atoms with Gasteiger partial charge in [0.05, 0.1) is 5.69 Å². The van der Waals surface area contributed by atoms with E-state index < -0.39 is 0 Å². The van der Waals surface area contributed by atoms with E-state index in [-0.39, 0.29) is 0 Å². The molecule has 14 aromatic carbocycles. The fraction of sp³-hybridized carbons (Fsp3) is 0. The summed E-state index contributed by atoms with van der Waals surface area (Å²) < 4.78 is 0. The summed E-state index contributed by atoms with van der Waals surface area (Å²) in [5, 5.41) is 14.8. The SMILES string of the molecule is c1ccc(-c2c3ccccc3c(-c3ccc(N(c4ccc(-c5c6ccccc6c(-c6ccccc6)c6ccccc56)cc4)c4c5ccccc5c(-c5ccccc5)c5ccccc45)cc3)c3ccccc23)cc1. The van der Waals surface area contributed by atoms with Crippen LogP contribution in [-0.2, 0) is 0 Å². The summed E-state index contributed by atoms with van der Waals surface area (Å²) in [5.74, 6) is 0. The fourth-order valence-corrected chi connectivity index (χ4v) is 11.9. The molecule has 1 nitrogen and oxygen atoms in total. The van der Waals surface area contributed by atoms with Crippen LogP contribution in [0.3, 0.4) is 0 Å². The summed E-state index contributed by atoms with van der Waals surface area (Å²) in [6.45, 7) is 0. The quantitative estimate of drug-likeness (QED) is 0.137. The third-order valence-electron chi connectivity index (χ3n) is 15.0. The Balaban J connectivity index is 0.995. The lowest BCUT2D eigenvalue weighted by Crippen LogP contribution is -2.11. The van der Waals surface area contributed by atoms with Crippen molar-refractivity contribution in [1.29, 1.82) is 0 Å². The van der Waals surface area contributed by atoms with Crippen molar-refractivity contribution in [2.75, 3.05) is 4.90 Å². The van der Waals surface area contributed by atoms with Crippen molar-refractivity contribution in [2.45, 2.75) is 0 Å². The van der Waals surface area contributed by atoms with Gasteiger partial charge in [0.15, 0.2) is 0 Å².